The molecule has 1 aromatic carbocycles. The Labute approximate surface area is 166 Å². The van der Waals surface area contributed by atoms with Gasteiger partial charge in [0.05, 0.1) is 4.75 Å². The van der Waals surface area contributed by atoms with E-state index in [2.05, 4.69) is 26.9 Å². The first-order chi connectivity index (χ1) is 12.6. The Balaban J connectivity index is 1.71. The fraction of sp³-hybridized carbons (Fsp3) is 0.474. The second-order valence-electron chi connectivity index (χ2n) is 7.75. The third-order valence-corrected chi connectivity index (χ3v) is 7.44. The Hall–Kier alpha value is -1.86. The SMILES string of the molecule is Cc1ccc(Cl)cc1N1CCN(c2ccc(S(=O)(=O)C(C)(C)C)nn2)CC1. The molecule has 8 heteroatoms. The molecule has 1 aliphatic rings. The minimum absolute atomic E-state index is 0.0203. The first-order valence-corrected chi connectivity index (χ1v) is 10.8. The van der Waals surface area contributed by atoms with Crippen LogP contribution < -0.4 is 9.80 Å². The second-order valence-corrected chi connectivity index (χ2v) is 10.8. The molecule has 1 saturated heterocycles. The highest BCUT2D eigenvalue weighted by atomic mass is 35.5. The summed E-state index contributed by atoms with van der Waals surface area (Å²) in [6.45, 7) is 10.3. The highest BCUT2D eigenvalue weighted by molar-refractivity contribution is 7.92. The van der Waals surface area contributed by atoms with E-state index >= 15 is 0 Å². The van der Waals surface area contributed by atoms with Crippen molar-refractivity contribution in [2.45, 2.75) is 37.5 Å². The predicted molar refractivity (Wildman–Crippen MR) is 110 cm³/mol. The van der Waals surface area contributed by atoms with Crippen molar-refractivity contribution in [1.82, 2.24) is 10.2 Å². The predicted octanol–water partition coefficient (Wildman–Crippen LogP) is 3.34. The van der Waals surface area contributed by atoms with Crippen LogP contribution in [0.3, 0.4) is 0 Å². The number of hydrogen-bond donors (Lipinski definition) is 0. The first-order valence-electron chi connectivity index (χ1n) is 8.94. The van der Waals surface area contributed by atoms with Gasteiger partial charge in [0.1, 0.15) is 0 Å². The van der Waals surface area contributed by atoms with Crippen LogP contribution in [0.1, 0.15) is 26.3 Å². The number of nitrogens with zero attached hydrogens (tertiary/aromatic N) is 4. The van der Waals surface area contributed by atoms with E-state index in [4.69, 9.17) is 11.6 Å². The van der Waals surface area contributed by atoms with Crippen LogP contribution in [0.25, 0.3) is 0 Å². The number of piperazine rings is 1. The number of halogens is 1. The Bertz CT molecular complexity index is 916. The van der Waals surface area contributed by atoms with Gasteiger partial charge in [-0.1, -0.05) is 17.7 Å². The van der Waals surface area contributed by atoms with Crippen LogP contribution in [0.15, 0.2) is 35.4 Å². The molecule has 0 unspecified atom stereocenters. The summed E-state index contributed by atoms with van der Waals surface area (Å²) in [7, 11) is -3.49. The number of rotatable bonds is 3. The van der Waals surface area contributed by atoms with Gasteiger partial charge in [-0.2, -0.15) is 0 Å². The summed E-state index contributed by atoms with van der Waals surface area (Å²) in [5, 5.41) is 8.91. The summed E-state index contributed by atoms with van der Waals surface area (Å²) in [4.78, 5) is 4.43. The summed E-state index contributed by atoms with van der Waals surface area (Å²) in [5.74, 6) is 0.699. The number of aromatic nitrogens is 2. The first kappa shape index (κ1) is 19.9. The standard InChI is InChI=1S/C19H25ClN4O2S/c1-14-5-6-15(20)13-16(14)23-9-11-24(12-10-23)17-7-8-18(22-21-17)27(25,26)19(2,3)4/h5-8,13H,9-12H2,1-4H3. The van der Waals surface area contributed by atoms with Crippen molar-refractivity contribution in [2.75, 3.05) is 36.0 Å². The molecule has 0 bridgehead atoms. The molecule has 0 N–H and O–H groups in total. The molecule has 0 amide bonds. The van der Waals surface area contributed by atoms with Gasteiger partial charge in [-0.05, 0) is 57.5 Å². The Morgan fingerprint density at radius 2 is 1.59 bits per heavy atom. The fourth-order valence-corrected chi connectivity index (χ4v) is 4.23. The van der Waals surface area contributed by atoms with Crippen LogP contribution in [0.5, 0.6) is 0 Å². The van der Waals surface area contributed by atoms with E-state index in [1.165, 1.54) is 5.56 Å². The van der Waals surface area contributed by atoms with Crippen molar-refractivity contribution in [1.29, 1.82) is 0 Å². The van der Waals surface area contributed by atoms with Crippen LogP contribution in [0.2, 0.25) is 5.02 Å². The van der Waals surface area contributed by atoms with Gasteiger partial charge >= 0.3 is 0 Å². The summed E-state index contributed by atoms with van der Waals surface area (Å²) in [6.07, 6.45) is 0. The van der Waals surface area contributed by atoms with Crippen molar-refractivity contribution < 1.29 is 8.42 Å². The minimum atomic E-state index is -3.49. The van der Waals surface area contributed by atoms with Gasteiger partial charge < -0.3 is 9.80 Å². The molecule has 1 fully saturated rings. The summed E-state index contributed by atoms with van der Waals surface area (Å²) in [6, 6.07) is 9.23. The van der Waals surface area contributed by atoms with Gasteiger partial charge in [0.25, 0.3) is 0 Å². The van der Waals surface area contributed by atoms with Gasteiger partial charge in [0, 0.05) is 36.9 Å². The molecule has 6 nitrogen and oxygen atoms in total. The molecule has 0 saturated carbocycles. The van der Waals surface area contributed by atoms with E-state index in [1.807, 2.05) is 18.2 Å². The zero-order chi connectivity index (χ0) is 19.8. The molecular weight excluding hydrogens is 384 g/mol. The molecule has 1 aromatic heterocycles. The van der Waals surface area contributed by atoms with Crippen LogP contribution in [-0.4, -0.2) is 49.5 Å². The van der Waals surface area contributed by atoms with Gasteiger partial charge in [0.2, 0.25) is 9.84 Å². The largest absolute Gasteiger partial charge is 0.368 e. The molecule has 0 spiro atoms. The molecular formula is C19H25ClN4O2S. The van der Waals surface area contributed by atoms with Crippen LogP contribution in [-0.2, 0) is 9.84 Å². The number of aryl methyl sites for hydroxylation is 1. The lowest BCUT2D eigenvalue weighted by atomic mass is 10.1. The summed E-state index contributed by atoms with van der Waals surface area (Å²) >= 11 is 6.14. The number of hydrogen-bond acceptors (Lipinski definition) is 6. The van der Waals surface area contributed by atoms with E-state index in [1.54, 1.807) is 32.9 Å². The van der Waals surface area contributed by atoms with Crippen molar-refractivity contribution >= 4 is 32.9 Å². The monoisotopic (exact) mass is 408 g/mol. The van der Waals surface area contributed by atoms with E-state index in [-0.39, 0.29) is 5.03 Å². The molecule has 2 aromatic rings. The normalized spacial score (nSPS) is 15.9. The third-order valence-electron chi connectivity index (χ3n) is 4.82. The molecule has 0 radical (unpaired) electrons. The maximum Gasteiger partial charge on any atom is 0.202 e. The van der Waals surface area contributed by atoms with Gasteiger partial charge in [0.15, 0.2) is 10.8 Å². The lowest BCUT2D eigenvalue weighted by Gasteiger charge is -2.37. The Morgan fingerprint density at radius 1 is 0.963 bits per heavy atom. The van der Waals surface area contributed by atoms with Crippen molar-refractivity contribution in [3.05, 3.63) is 40.9 Å². The quantitative estimate of drug-likeness (QED) is 0.775. The number of benzene rings is 1. The lowest BCUT2D eigenvalue weighted by Crippen LogP contribution is -2.47. The molecule has 2 heterocycles. The van der Waals surface area contributed by atoms with Gasteiger partial charge in [-0.15, -0.1) is 10.2 Å². The fourth-order valence-electron chi connectivity index (χ4n) is 3.04. The van der Waals surface area contributed by atoms with Gasteiger partial charge in [-0.25, -0.2) is 8.42 Å². The molecule has 0 atom stereocenters. The number of anilines is 2. The maximum absolute atomic E-state index is 12.5. The second kappa shape index (κ2) is 7.28. The Morgan fingerprint density at radius 3 is 2.15 bits per heavy atom. The molecule has 27 heavy (non-hydrogen) atoms. The van der Waals surface area contributed by atoms with Crippen LogP contribution >= 0.6 is 11.6 Å². The van der Waals surface area contributed by atoms with Gasteiger partial charge in [-0.3, -0.25) is 0 Å². The van der Waals surface area contributed by atoms with Crippen molar-refractivity contribution in [2.24, 2.45) is 0 Å². The maximum atomic E-state index is 12.5. The third kappa shape index (κ3) is 4.04. The zero-order valence-electron chi connectivity index (χ0n) is 16.1. The van der Waals surface area contributed by atoms with Crippen molar-refractivity contribution in [3.8, 4) is 0 Å². The van der Waals surface area contributed by atoms with Crippen LogP contribution in [0.4, 0.5) is 11.5 Å². The molecule has 3 rings (SSSR count). The highest BCUT2D eigenvalue weighted by Gasteiger charge is 2.32. The minimum Gasteiger partial charge on any atom is -0.368 e. The summed E-state index contributed by atoms with van der Waals surface area (Å²) < 4.78 is 24.0. The van der Waals surface area contributed by atoms with E-state index < -0.39 is 14.6 Å². The lowest BCUT2D eigenvalue weighted by molar-refractivity contribution is 0.553. The average molecular weight is 409 g/mol. The molecule has 146 valence electrons. The van der Waals surface area contributed by atoms with E-state index in [0.717, 1.165) is 36.9 Å². The summed E-state index contributed by atoms with van der Waals surface area (Å²) in [5.41, 5.74) is 2.35. The topological polar surface area (TPSA) is 66.4 Å². The van der Waals surface area contributed by atoms with Crippen molar-refractivity contribution in [3.63, 3.8) is 0 Å². The number of sulfone groups is 1. The van der Waals surface area contributed by atoms with E-state index in [0.29, 0.717) is 5.82 Å². The Kier molecular flexibility index (Phi) is 5.36. The average Bonchev–Trinajstić information content (AvgIpc) is 2.63. The van der Waals surface area contributed by atoms with Crippen LogP contribution in [0, 0.1) is 6.92 Å². The van der Waals surface area contributed by atoms with E-state index in [9.17, 15) is 8.42 Å². The highest BCUT2D eigenvalue weighted by Crippen LogP contribution is 2.27. The zero-order valence-corrected chi connectivity index (χ0v) is 17.7. The molecule has 1 aliphatic heterocycles. The molecule has 0 aliphatic carbocycles. The smallest absolute Gasteiger partial charge is 0.202 e.